The zero-order valence-electron chi connectivity index (χ0n) is 28.3. The van der Waals surface area contributed by atoms with Crippen molar-refractivity contribution < 1.29 is 52.4 Å². The predicted octanol–water partition coefficient (Wildman–Crippen LogP) is 6.30. The molecule has 0 fully saturated rings. The molecule has 3 aliphatic carbocycles. The molecule has 0 amide bonds. The lowest BCUT2D eigenvalue weighted by atomic mass is 9.85. The van der Waals surface area contributed by atoms with Crippen molar-refractivity contribution in [2.24, 2.45) is 17.8 Å². The van der Waals surface area contributed by atoms with E-state index in [2.05, 4.69) is 55.1 Å². The van der Waals surface area contributed by atoms with Crippen LogP contribution in [0.15, 0.2) is 72.4 Å². The van der Waals surface area contributed by atoms with Gasteiger partial charge in [-0.1, -0.05) is 54.2 Å². The molecular formula is C36H50O11. The van der Waals surface area contributed by atoms with Gasteiger partial charge >= 0.3 is 30.0 Å². The highest BCUT2D eigenvalue weighted by Gasteiger charge is 2.37. The van der Waals surface area contributed by atoms with E-state index in [0.717, 1.165) is 62.5 Å². The number of hydrogen-bond donors (Lipinski definition) is 0. The Morgan fingerprint density at radius 2 is 1.19 bits per heavy atom. The molecule has 0 bridgehead atoms. The number of hydrogen-bond acceptors (Lipinski definition) is 11. The first kappa shape index (κ1) is 40.6. The van der Waals surface area contributed by atoms with Gasteiger partial charge in [-0.15, -0.1) is 6.58 Å². The molecule has 11 heteroatoms. The maximum absolute atomic E-state index is 11.7. The molecule has 0 radical (unpaired) electrons. The van der Waals surface area contributed by atoms with Crippen molar-refractivity contribution in [1.29, 1.82) is 0 Å². The fraction of sp³-hybridized carbons (Fsp3) is 0.528. The minimum absolute atomic E-state index is 0.310. The maximum Gasteiger partial charge on any atom is 0.508 e. The average molecular weight is 659 g/mol. The lowest BCUT2D eigenvalue weighted by molar-refractivity contribution is -0.161. The Bertz CT molecular complexity index is 1180. The summed E-state index contributed by atoms with van der Waals surface area (Å²) in [5.74, 6) is -4.37. The van der Waals surface area contributed by atoms with Crippen LogP contribution in [0.25, 0.3) is 0 Å². The number of allylic oxidation sites excluding steroid dienone is 8. The molecule has 3 aliphatic rings. The highest BCUT2D eigenvalue weighted by atomic mass is 16.7. The third kappa shape index (κ3) is 13.9. The van der Waals surface area contributed by atoms with Crippen LogP contribution in [0.1, 0.15) is 64.2 Å². The Hall–Kier alpha value is -4.41. The molecule has 11 nitrogen and oxygen atoms in total. The largest absolute Gasteiger partial charge is 0.508 e. The van der Waals surface area contributed by atoms with Crippen LogP contribution in [0.2, 0.25) is 0 Å². The van der Waals surface area contributed by atoms with Gasteiger partial charge in [-0.25, -0.2) is 4.79 Å². The predicted molar refractivity (Wildman–Crippen MR) is 176 cm³/mol. The third-order valence-corrected chi connectivity index (χ3v) is 7.82. The van der Waals surface area contributed by atoms with Crippen LogP contribution >= 0.6 is 0 Å². The number of carbonyl (C=O) groups is 5. The van der Waals surface area contributed by atoms with Crippen LogP contribution < -0.4 is 0 Å². The summed E-state index contributed by atoms with van der Waals surface area (Å²) in [6.45, 7) is 7.32. The Morgan fingerprint density at radius 3 is 1.60 bits per heavy atom. The van der Waals surface area contributed by atoms with Gasteiger partial charge < -0.3 is 28.4 Å². The minimum Gasteiger partial charge on any atom is -0.468 e. The molecule has 0 aromatic heterocycles. The number of esters is 4. The standard InChI is InChI=1S/2C13H18O4.C10H14O3/c1-16-12(14)11(13(15)17-2)9-5-8-10-6-3-4-7-10;1-4-10(9-7-5-6-8-9)11(12(14)16-2)13(15)17-3;1-3-9(13-10(11)12-2)8-6-4-5-7-8/h5-6,8,11H,3-4,7,9H2,1-2H3;4,7,10-11H,1,5-6,8H2,2-3H3;3,6,9H,1,4-5,7H2,2H3/b8-5+;;. The van der Waals surface area contributed by atoms with E-state index < -0.39 is 41.9 Å². The molecule has 260 valence electrons. The molecule has 0 aromatic carbocycles. The summed E-state index contributed by atoms with van der Waals surface area (Å²) < 4.78 is 27.9. The summed E-state index contributed by atoms with van der Waals surface area (Å²) in [6.07, 6.45) is 22.1. The lowest BCUT2D eigenvalue weighted by Gasteiger charge is -2.21. The van der Waals surface area contributed by atoms with Gasteiger partial charge in [-0.3, -0.25) is 19.2 Å². The van der Waals surface area contributed by atoms with E-state index >= 15 is 0 Å². The molecular weight excluding hydrogens is 608 g/mol. The van der Waals surface area contributed by atoms with Crippen LogP contribution in [-0.2, 0) is 47.6 Å². The van der Waals surface area contributed by atoms with E-state index in [1.165, 1.54) is 47.5 Å². The van der Waals surface area contributed by atoms with Crippen LogP contribution in [0, 0.1) is 17.8 Å². The van der Waals surface area contributed by atoms with Crippen molar-refractivity contribution in [1.82, 2.24) is 0 Å². The van der Waals surface area contributed by atoms with Crippen molar-refractivity contribution in [3.8, 4) is 0 Å². The topological polar surface area (TPSA) is 141 Å². The summed E-state index contributed by atoms with van der Waals surface area (Å²) in [6, 6.07) is 0. The molecule has 0 spiro atoms. The summed E-state index contributed by atoms with van der Waals surface area (Å²) in [5, 5.41) is 0. The smallest absolute Gasteiger partial charge is 0.468 e. The molecule has 0 saturated carbocycles. The minimum atomic E-state index is -0.938. The van der Waals surface area contributed by atoms with Gasteiger partial charge in [-0.05, 0) is 75.9 Å². The van der Waals surface area contributed by atoms with E-state index in [1.54, 1.807) is 12.2 Å². The molecule has 0 N–H and O–H groups in total. The van der Waals surface area contributed by atoms with Crippen LogP contribution in [0.4, 0.5) is 4.79 Å². The first-order valence-electron chi connectivity index (χ1n) is 15.7. The van der Waals surface area contributed by atoms with Crippen molar-refractivity contribution >= 4 is 30.0 Å². The summed E-state index contributed by atoms with van der Waals surface area (Å²) >= 11 is 0. The van der Waals surface area contributed by atoms with Crippen molar-refractivity contribution in [2.45, 2.75) is 70.3 Å². The molecule has 0 aromatic rings. The summed E-state index contributed by atoms with van der Waals surface area (Å²) in [5.41, 5.74) is 3.46. The molecule has 0 heterocycles. The SMILES string of the molecule is C=CC(C1=CCCC1)C(C(=O)OC)C(=O)OC.C=CC(OC(=O)OC)C1=CCCC1.COC(=O)C(C/C=C/C1=CCCC1)C(=O)OC. The Morgan fingerprint density at radius 1 is 0.681 bits per heavy atom. The van der Waals surface area contributed by atoms with E-state index in [0.29, 0.717) is 6.42 Å². The number of rotatable bonds is 13. The monoisotopic (exact) mass is 658 g/mol. The highest BCUT2D eigenvalue weighted by Crippen LogP contribution is 2.32. The van der Waals surface area contributed by atoms with Gasteiger partial charge in [0.25, 0.3) is 0 Å². The van der Waals surface area contributed by atoms with Gasteiger partial charge in [0.05, 0.1) is 35.5 Å². The normalized spacial score (nSPS) is 16.2. The quantitative estimate of drug-likeness (QED) is 0.0953. The Balaban J connectivity index is 0.000000356. The van der Waals surface area contributed by atoms with Crippen molar-refractivity contribution in [2.75, 3.05) is 35.5 Å². The molecule has 2 atom stereocenters. The van der Waals surface area contributed by atoms with Gasteiger partial charge in [0, 0.05) is 5.92 Å². The average Bonchev–Trinajstić information content (AvgIpc) is 3.92. The van der Waals surface area contributed by atoms with E-state index in [4.69, 9.17) is 4.74 Å². The van der Waals surface area contributed by atoms with E-state index in [-0.39, 0.29) is 12.0 Å². The highest BCUT2D eigenvalue weighted by molar-refractivity contribution is 5.96. The maximum atomic E-state index is 11.7. The summed E-state index contributed by atoms with van der Waals surface area (Å²) in [4.78, 5) is 56.9. The lowest BCUT2D eigenvalue weighted by Crippen LogP contribution is -2.33. The van der Waals surface area contributed by atoms with Gasteiger partial charge in [0.15, 0.2) is 11.8 Å². The van der Waals surface area contributed by atoms with E-state index in [9.17, 15) is 24.0 Å². The molecule has 0 saturated heterocycles. The Kier molecular flexibility index (Phi) is 19.9. The van der Waals surface area contributed by atoms with Gasteiger partial charge in [0.2, 0.25) is 0 Å². The summed E-state index contributed by atoms with van der Waals surface area (Å²) in [7, 11) is 6.36. The van der Waals surface area contributed by atoms with Crippen molar-refractivity contribution in [3.63, 3.8) is 0 Å². The van der Waals surface area contributed by atoms with Crippen LogP contribution in [0.3, 0.4) is 0 Å². The number of methoxy groups -OCH3 is 5. The van der Waals surface area contributed by atoms with Gasteiger partial charge in [-0.2, -0.15) is 0 Å². The third-order valence-electron chi connectivity index (χ3n) is 7.82. The number of carbonyl (C=O) groups excluding carboxylic acids is 5. The second-order valence-electron chi connectivity index (χ2n) is 10.8. The molecule has 0 aliphatic heterocycles. The zero-order valence-corrected chi connectivity index (χ0v) is 28.3. The van der Waals surface area contributed by atoms with Crippen LogP contribution in [0.5, 0.6) is 0 Å². The first-order chi connectivity index (χ1) is 22.6. The molecule has 47 heavy (non-hydrogen) atoms. The second-order valence-corrected chi connectivity index (χ2v) is 10.8. The Labute approximate surface area is 278 Å². The fourth-order valence-electron chi connectivity index (χ4n) is 5.30. The zero-order chi connectivity index (χ0) is 35.2. The van der Waals surface area contributed by atoms with E-state index in [1.807, 2.05) is 12.2 Å². The van der Waals surface area contributed by atoms with Crippen LogP contribution in [-0.4, -0.2) is 71.7 Å². The van der Waals surface area contributed by atoms with Gasteiger partial charge in [0.1, 0.15) is 6.10 Å². The molecule has 3 rings (SSSR count). The molecule has 2 unspecified atom stereocenters. The second kappa shape index (κ2) is 23.0. The van der Waals surface area contributed by atoms with Crippen molar-refractivity contribution in [3.05, 3.63) is 72.4 Å². The first-order valence-corrected chi connectivity index (χ1v) is 15.7. The number of ether oxygens (including phenoxy) is 6. The fourth-order valence-corrected chi connectivity index (χ4v) is 5.30.